The number of ether oxygens (including phenoxy) is 3. The van der Waals surface area contributed by atoms with Crippen LogP contribution in [0.25, 0.3) is 0 Å². The van der Waals surface area contributed by atoms with E-state index in [9.17, 15) is 0 Å². The Labute approximate surface area is 148 Å². The van der Waals surface area contributed by atoms with Gasteiger partial charge in [-0.05, 0) is 23.3 Å². The summed E-state index contributed by atoms with van der Waals surface area (Å²) in [6.07, 6.45) is 0. The number of rotatable bonds is 7. The van der Waals surface area contributed by atoms with E-state index in [1.165, 1.54) is 5.56 Å². The maximum Gasteiger partial charge on any atom is 0.231 e. The van der Waals surface area contributed by atoms with Gasteiger partial charge in [-0.3, -0.25) is 4.90 Å². The fourth-order valence-electron chi connectivity index (χ4n) is 2.77. The van der Waals surface area contributed by atoms with Crippen LogP contribution in [0, 0.1) is 0 Å². The van der Waals surface area contributed by atoms with Gasteiger partial charge in [-0.15, -0.1) is 12.4 Å². The van der Waals surface area contributed by atoms with E-state index < -0.39 is 0 Å². The smallest absolute Gasteiger partial charge is 0.231 e. The standard InChI is InChI=1S/C18H22N2O3.ClH/c1-21-16-9-15(10-17-18(16)23-13-22-17)12-20(8-7-19)11-14-5-3-2-4-6-14;/h2-6,9-10H,7-8,11-13,19H2,1H3;1H. The highest BCUT2D eigenvalue weighted by molar-refractivity contribution is 5.85. The zero-order valence-electron chi connectivity index (χ0n) is 13.7. The molecule has 0 spiro atoms. The van der Waals surface area contributed by atoms with Gasteiger partial charge in [-0.2, -0.15) is 0 Å². The van der Waals surface area contributed by atoms with Gasteiger partial charge in [-0.1, -0.05) is 30.3 Å². The molecule has 0 saturated carbocycles. The van der Waals surface area contributed by atoms with E-state index in [0.717, 1.165) is 30.9 Å². The number of nitrogens with two attached hydrogens (primary N) is 1. The predicted octanol–water partition coefficient (Wildman–Crippen LogP) is 2.81. The van der Waals surface area contributed by atoms with Crippen molar-refractivity contribution in [1.29, 1.82) is 0 Å². The topological polar surface area (TPSA) is 57.0 Å². The predicted molar refractivity (Wildman–Crippen MR) is 96.0 cm³/mol. The third kappa shape index (κ3) is 4.32. The quantitative estimate of drug-likeness (QED) is 0.832. The molecule has 0 atom stereocenters. The number of benzene rings is 2. The monoisotopic (exact) mass is 350 g/mol. The van der Waals surface area contributed by atoms with Gasteiger partial charge in [0.1, 0.15) is 0 Å². The fraction of sp³-hybridized carbons (Fsp3) is 0.333. The van der Waals surface area contributed by atoms with Crippen molar-refractivity contribution < 1.29 is 14.2 Å². The van der Waals surface area contributed by atoms with Crippen LogP contribution in [0.3, 0.4) is 0 Å². The van der Waals surface area contributed by atoms with E-state index in [2.05, 4.69) is 29.2 Å². The van der Waals surface area contributed by atoms with Gasteiger partial charge < -0.3 is 19.9 Å². The molecule has 6 heteroatoms. The minimum atomic E-state index is 0. The van der Waals surface area contributed by atoms with Crippen LogP contribution in [0.15, 0.2) is 42.5 Å². The molecule has 130 valence electrons. The molecule has 2 N–H and O–H groups in total. The zero-order valence-corrected chi connectivity index (χ0v) is 14.6. The molecular weight excluding hydrogens is 328 g/mol. The summed E-state index contributed by atoms with van der Waals surface area (Å²) in [6.45, 7) is 3.32. The second-order valence-electron chi connectivity index (χ2n) is 5.52. The minimum Gasteiger partial charge on any atom is -0.493 e. The Morgan fingerprint density at radius 2 is 1.83 bits per heavy atom. The van der Waals surface area contributed by atoms with Crippen LogP contribution in [0.2, 0.25) is 0 Å². The summed E-state index contributed by atoms with van der Waals surface area (Å²) in [5.41, 5.74) is 8.16. The van der Waals surface area contributed by atoms with Crippen molar-refractivity contribution in [3.8, 4) is 17.2 Å². The highest BCUT2D eigenvalue weighted by Crippen LogP contribution is 2.42. The SMILES string of the molecule is COc1cc(CN(CCN)Cc2ccccc2)cc2c1OCO2.Cl. The molecule has 1 aliphatic heterocycles. The van der Waals surface area contributed by atoms with E-state index in [1.807, 2.05) is 18.2 Å². The molecule has 24 heavy (non-hydrogen) atoms. The van der Waals surface area contributed by atoms with Crippen LogP contribution in [0.4, 0.5) is 0 Å². The zero-order chi connectivity index (χ0) is 16.1. The van der Waals surface area contributed by atoms with Crippen molar-refractivity contribution in [3.63, 3.8) is 0 Å². The summed E-state index contributed by atoms with van der Waals surface area (Å²) < 4.78 is 16.3. The Kier molecular flexibility index (Phi) is 6.73. The highest BCUT2D eigenvalue weighted by atomic mass is 35.5. The summed E-state index contributed by atoms with van der Waals surface area (Å²) in [5.74, 6) is 2.14. The molecule has 0 amide bonds. The maximum atomic E-state index is 5.77. The summed E-state index contributed by atoms with van der Waals surface area (Å²) in [6, 6.07) is 14.4. The number of methoxy groups -OCH3 is 1. The Morgan fingerprint density at radius 1 is 1.08 bits per heavy atom. The second-order valence-corrected chi connectivity index (χ2v) is 5.52. The van der Waals surface area contributed by atoms with Crippen LogP contribution in [-0.4, -0.2) is 31.9 Å². The lowest BCUT2D eigenvalue weighted by molar-refractivity contribution is 0.171. The first-order valence-electron chi connectivity index (χ1n) is 7.73. The van der Waals surface area contributed by atoms with Crippen molar-refractivity contribution in [3.05, 3.63) is 53.6 Å². The fourth-order valence-corrected chi connectivity index (χ4v) is 2.77. The van der Waals surface area contributed by atoms with Gasteiger partial charge in [0.2, 0.25) is 12.5 Å². The number of halogens is 1. The van der Waals surface area contributed by atoms with E-state index in [1.54, 1.807) is 7.11 Å². The van der Waals surface area contributed by atoms with Crippen LogP contribution in [-0.2, 0) is 13.1 Å². The van der Waals surface area contributed by atoms with Crippen LogP contribution in [0.5, 0.6) is 17.2 Å². The maximum absolute atomic E-state index is 5.77. The number of nitrogens with zero attached hydrogens (tertiary/aromatic N) is 1. The first-order chi connectivity index (χ1) is 11.3. The van der Waals surface area contributed by atoms with Crippen molar-refractivity contribution >= 4 is 12.4 Å². The molecule has 0 bridgehead atoms. The van der Waals surface area contributed by atoms with Gasteiger partial charge in [0.15, 0.2) is 11.5 Å². The van der Waals surface area contributed by atoms with Crippen molar-refractivity contribution in [2.75, 3.05) is 27.0 Å². The molecule has 2 aromatic carbocycles. The first kappa shape index (κ1) is 18.4. The molecule has 2 aromatic rings. The van der Waals surface area contributed by atoms with Crippen molar-refractivity contribution in [2.24, 2.45) is 5.73 Å². The lowest BCUT2D eigenvalue weighted by Crippen LogP contribution is -2.28. The number of hydrogen-bond donors (Lipinski definition) is 1. The van der Waals surface area contributed by atoms with Crippen LogP contribution in [0.1, 0.15) is 11.1 Å². The minimum absolute atomic E-state index is 0. The van der Waals surface area contributed by atoms with Crippen LogP contribution >= 0.6 is 12.4 Å². The number of hydrogen-bond acceptors (Lipinski definition) is 5. The average molecular weight is 351 g/mol. The van der Waals surface area contributed by atoms with E-state index >= 15 is 0 Å². The third-order valence-electron chi connectivity index (χ3n) is 3.82. The van der Waals surface area contributed by atoms with Gasteiger partial charge in [0.25, 0.3) is 0 Å². The second kappa shape index (κ2) is 8.78. The van der Waals surface area contributed by atoms with Crippen molar-refractivity contribution in [1.82, 2.24) is 4.90 Å². The molecule has 0 fully saturated rings. The average Bonchev–Trinajstić information content (AvgIpc) is 3.03. The Hall–Kier alpha value is -1.95. The summed E-state index contributed by atoms with van der Waals surface area (Å²) in [4.78, 5) is 2.31. The first-order valence-corrected chi connectivity index (χ1v) is 7.73. The van der Waals surface area contributed by atoms with Gasteiger partial charge in [0.05, 0.1) is 7.11 Å². The molecule has 0 radical (unpaired) electrons. The Balaban J connectivity index is 0.00000208. The normalized spacial score (nSPS) is 12.1. The van der Waals surface area contributed by atoms with Gasteiger partial charge in [0, 0.05) is 26.2 Å². The van der Waals surface area contributed by atoms with E-state index in [-0.39, 0.29) is 19.2 Å². The third-order valence-corrected chi connectivity index (χ3v) is 3.82. The van der Waals surface area contributed by atoms with E-state index in [0.29, 0.717) is 18.0 Å². The molecule has 0 aromatic heterocycles. The lowest BCUT2D eigenvalue weighted by Gasteiger charge is -2.22. The van der Waals surface area contributed by atoms with Gasteiger partial charge >= 0.3 is 0 Å². The molecule has 5 nitrogen and oxygen atoms in total. The summed E-state index contributed by atoms with van der Waals surface area (Å²) in [5, 5.41) is 0. The molecular formula is C18H23ClN2O3. The van der Waals surface area contributed by atoms with E-state index in [4.69, 9.17) is 19.9 Å². The van der Waals surface area contributed by atoms with Crippen molar-refractivity contribution in [2.45, 2.75) is 13.1 Å². The Morgan fingerprint density at radius 3 is 2.54 bits per heavy atom. The summed E-state index contributed by atoms with van der Waals surface area (Å²) in [7, 11) is 1.64. The number of fused-ring (bicyclic) bond motifs is 1. The Bertz CT molecular complexity index is 652. The van der Waals surface area contributed by atoms with Gasteiger partial charge in [-0.25, -0.2) is 0 Å². The molecule has 3 rings (SSSR count). The molecule has 0 aliphatic carbocycles. The summed E-state index contributed by atoms with van der Waals surface area (Å²) >= 11 is 0. The molecule has 1 aliphatic rings. The molecule has 1 heterocycles. The molecule has 0 unspecified atom stereocenters. The highest BCUT2D eigenvalue weighted by Gasteiger charge is 2.20. The van der Waals surface area contributed by atoms with Crippen LogP contribution < -0.4 is 19.9 Å². The molecule has 0 saturated heterocycles. The largest absolute Gasteiger partial charge is 0.493 e. The lowest BCUT2D eigenvalue weighted by atomic mass is 10.1.